The number of piperidine rings is 1. The van der Waals surface area contributed by atoms with Gasteiger partial charge in [-0.15, -0.1) is 0 Å². The highest BCUT2D eigenvalue weighted by molar-refractivity contribution is 5.81. The fraction of sp³-hybridized carbons (Fsp3) is 0.588. The van der Waals surface area contributed by atoms with Crippen LogP contribution in [0.3, 0.4) is 0 Å². The lowest BCUT2D eigenvalue weighted by Gasteiger charge is -2.31. The first-order valence-corrected chi connectivity index (χ1v) is 7.82. The third-order valence-corrected chi connectivity index (χ3v) is 4.93. The van der Waals surface area contributed by atoms with Crippen molar-refractivity contribution >= 4 is 5.91 Å². The molecule has 0 spiro atoms. The van der Waals surface area contributed by atoms with Crippen molar-refractivity contribution < 1.29 is 4.79 Å². The molecule has 2 atom stereocenters. The number of amides is 1. The van der Waals surface area contributed by atoms with Gasteiger partial charge in [-0.25, -0.2) is 0 Å². The molecule has 3 nitrogen and oxygen atoms in total. The molecule has 20 heavy (non-hydrogen) atoms. The second-order valence-electron chi connectivity index (χ2n) is 6.14. The average Bonchev–Trinajstić information content (AvgIpc) is 2.45. The summed E-state index contributed by atoms with van der Waals surface area (Å²) in [6, 6.07) is 9.05. The zero-order valence-electron chi connectivity index (χ0n) is 12.2. The van der Waals surface area contributed by atoms with E-state index in [0.29, 0.717) is 5.92 Å². The van der Waals surface area contributed by atoms with Crippen molar-refractivity contribution in [2.45, 2.75) is 50.0 Å². The van der Waals surface area contributed by atoms with E-state index in [9.17, 15) is 4.79 Å². The van der Waals surface area contributed by atoms with Gasteiger partial charge in [0.1, 0.15) is 0 Å². The molecule has 1 aromatic rings. The van der Waals surface area contributed by atoms with Gasteiger partial charge in [0.2, 0.25) is 5.91 Å². The molecule has 2 unspecified atom stereocenters. The van der Waals surface area contributed by atoms with Gasteiger partial charge in [0.05, 0.1) is 6.04 Å². The maximum absolute atomic E-state index is 11.8. The van der Waals surface area contributed by atoms with Gasteiger partial charge in [-0.3, -0.25) is 4.79 Å². The van der Waals surface area contributed by atoms with E-state index in [1.165, 1.54) is 30.4 Å². The molecule has 1 heterocycles. The summed E-state index contributed by atoms with van der Waals surface area (Å²) in [5, 5.41) is 6.07. The highest BCUT2D eigenvalue weighted by Gasteiger charge is 2.28. The molecule has 0 radical (unpaired) electrons. The van der Waals surface area contributed by atoms with Crippen molar-refractivity contribution in [3.63, 3.8) is 0 Å². The first kappa shape index (κ1) is 13.6. The SMILES string of the molecule is CNC(=O)C1CC(c2cccc(C3CCC3)c2)CCN1. The second kappa shape index (κ2) is 5.96. The van der Waals surface area contributed by atoms with E-state index >= 15 is 0 Å². The smallest absolute Gasteiger partial charge is 0.236 e. The molecule has 1 saturated carbocycles. The Morgan fingerprint density at radius 1 is 1.20 bits per heavy atom. The predicted molar refractivity (Wildman–Crippen MR) is 80.9 cm³/mol. The van der Waals surface area contributed by atoms with Crippen LogP contribution in [0.2, 0.25) is 0 Å². The number of nitrogens with one attached hydrogen (secondary N) is 2. The topological polar surface area (TPSA) is 41.1 Å². The van der Waals surface area contributed by atoms with Gasteiger partial charge in [-0.05, 0) is 55.2 Å². The second-order valence-corrected chi connectivity index (χ2v) is 6.14. The Morgan fingerprint density at radius 2 is 1.95 bits per heavy atom. The number of hydrogen-bond acceptors (Lipinski definition) is 2. The number of likely N-dealkylation sites (N-methyl/N-ethyl adjacent to an activating group) is 1. The van der Waals surface area contributed by atoms with Gasteiger partial charge in [0.15, 0.2) is 0 Å². The van der Waals surface area contributed by atoms with Crippen molar-refractivity contribution in [3.05, 3.63) is 35.4 Å². The Labute approximate surface area is 121 Å². The minimum absolute atomic E-state index is 0.0360. The number of rotatable bonds is 3. The summed E-state index contributed by atoms with van der Waals surface area (Å²) in [5.41, 5.74) is 2.92. The largest absolute Gasteiger partial charge is 0.358 e. The van der Waals surface area contributed by atoms with E-state index in [-0.39, 0.29) is 11.9 Å². The fourth-order valence-electron chi connectivity index (χ4n) is 3.40. The molecule has 0 bridgehead atoms. The molecule has 2 N–H and O–H groups in total. The molecule has 1 aromatic carbocycles. The molecular weight excluding hydrogens is 248 g/mol. The highest BCUT2D eigenvalue weighted by Crippen LogP contribution is 2.38. The van der Waals surface area contributed by atoms with Crippen LogP contribution in [-0.2, 0) is 4.79 Å². The summed E-state index contributed by atoms with van der Waals surface area (Å²) >= 11 is 0. The van der Waals surface area contributed by atoms with Crippen molar-refractivity contribution in [3.8, 4) is 0 Å². The quantitative estimate of drug-likeness (QED) is 0.888. The van der Waals surface area contributed by atoms with E-state index < -0.39 is 0 Å². The maximum Gasteiger partial charge on any atom is 0.236 e. The van der Waals surface area contributed by atoms with Crippen molar-refractivity contribution in [1.29, 1.82) is 0 Å². The number of carbonyl (C=O) groups is 1. The molecule has 1 saturated heterocycles. The zero-order valence-corrected chi connectivity index (χ0v) is 12.2. The van der Waals surface area contributed by atoms with Gasteiger partial charge in [-0.2, -0.15) is 0 Å². The van der Waals surface area contributed by atoms with E-state index in [2.05, 4.69) is 34.9 Å². The summed E-state index contributed by atoms with van der Waals surface area (Å²) in [4.78, 5) is 11.8. The summed E-state index contributed by atoms with van der Waals surface area (Å²) in [7, 11) is 1.71. The van der Waals surface area contributed by atoms with E-state index in [1.807, 2.05) is 0 Å². The lowest BCUT2D eigenvalue weighted by molar-refractivity contribution is -0.123. The molecule has 1 aliphatic carbocycles. The molecule has 3 heteroatoms. The summed E-state index contributed by atoms with van der Waals surface area (Å²) in [6.07, 6.45) is 6.10. The van der Waals surface area contributed by atoms with E-state index in [0.717, 1.165) is 25.3 Å². The Hall–Kier alpha value is -1.35. The van der Waals surface area contributed by atoms with Crippen LogP contribution in [0.15, 0.2) is 24.3 Å². The molecule has 108 valence electrons. The average molecular weight is 272 g/mol. The first-order valence-electron chi connectivity index (χ1n) is 7.82. The van der Waals surface area contributed by atoms with Crippen LogP contribution >= 0.6 is 0 Å². The van der Waals surface area contributed by atoms with Crippen LogP contribution in [0.5, 0.6) is 0 Å². The molecule has 2 fully saturated rings. The van der Waals surface area contributed by atoms with Crippen LogP contribution in [0.25, 0.3) is 0 Å². The van der Waals surface area contributed by atoms with Gasteiger partial charge in [-0.1, -0.05) is 30.7 Å². The predicted octanol–water partition coefficient (Wildman–Crippen LogP) is 2.54. The minimum atomic E-state index is -0.0360. The number of hydrogen-bond donors (Lipinski definition) is 2. The van der Waals surface area contributed by atoms with Crippen molar-refractivity contribution in [1.82, 2.24) is 10.6 Å². The minimum Gasteiger partial charge on any atom is -0.358 e. The molecule has 1 aliphatic heterocycles. The van der Waals surface area contributed by atoms with E-state index in [4.69, 9.17) is 0 Å². The van der Waals surface area contributed by atoms with Gasteiger partial charge in [0, 0.05) is 7.05 Å². The fourth-order valence-corrected chi connectivity index (χ4v) is 3.40. The Morgan fingerprint density at radius 3 is 2.60 bits per heavy atom. The standard InChI is InChI=1S/C17H24N2O/c1-18-17(20)16-11-15(8-9-19-16)14-7-3-6-13(10-14)12-4-2-5-12/h3,6-7,10,12,15-16,19H,2,4-5,8-9,11H2,1H3,(H,18,20). The Bertz CT molecular complexity index is 482. The van der Waals surface area contributed by atoms with Crippen molar-refractivity contribution in [2.75, 3.05) is 13.6 Å². The maximum atomic E-state index is 11.8. The molecule has 3 rings (SSSR count). The normalized spacial score (nSPS) is 26.9. The summed E-state index contributed by atoms with van der Waals surface area (Å²) in [5.74, 6) is 1.41. The van der Waals surface area contributed by atoms with Gasteiger partial charge >= 0.3 is 0 Å². The Balaban J connectivity index is 1.73. The monoisotopic (exact) mass is 272 g/mol. The third kappa shape index (κ3) is 2.73. The number of carbonyl (C=O) groups excluding carboxylic acids is 1. The lowest BCUT2D eigenvalue weighted by atomic mass is 9.78. The van der Waals surface area contributed by atoms with Crippen molar-refractivity contribution in [2.24, 2.45) is 0 Å². The molecule has 2 aliphatic rings. The van der Waals surface area contributed by atoms with Crippen LogP contribution < -0.4 is 10.6 Å². The third-order valence-electron chi connectivity index (χ3n) is 4.93. The van der Waals surface area contributed by atoms with Crippen LogP contribution in [-0.4, -0.2) is 25.5 Å². The number of benzene rings is 1. The van der Waals surface area contributed by atoms with E-state index in [1.54, 1.807) is 7.05 Å². The lowest BCUT2D eigenvalue weighted by Crippen LogP contribution is -2.47. The van der Waals surface area contributed by atoms with Gasteiger partial charge < -0.3 is 10.6 Å². The van der Waals surface area contributed by atoms with Crippen LogP contribution in [0.1, 0.15) is 55.1 Å². The zero-order chi connectivity index (χ0) is 13.9. The van der Waals surface area contributed by atoms with Gasteiger partial charge in [0.25, 0.3) is 0 Å². The Kier molecular flexibility index (Phi) is 4.06. The first-order chi connectivity index (χ1) is 9.78. The molecular formula is C17H24N2O. The highest BCUT2D eigenvalue weighted by atomic mass is 16.2. The van der Waals surface area contributed by atoms with Crippen LogP contribution in [0.4, 0.5) is 0 Å². The molecule has 0 aromatic heterocycles. The van der Waals surface area contributed by atoms with Crippen LogP contribution in [0, 0.1) is 0 Å². The summed E-state index contributed by atoms with van der Waals surface area (Å²) in [6.45, 7) is 0.927. The summed E-state index contributed by atoms with van der Waals surface area (Å²) < 4.78 is 0. The molecule has 1 amide bonds.